The van der Waals surface area contributed by atoms with Crippen molar-refractivity contribution < 1.29 is 27.5 Å². The van der Waals surface area contributed by atoms with E-state index in [1.54, 1.807) is 0 Å². The van der Waals surface area contributed by atoms with E-state index in [0.717, 1.165) is 12.1 Å². The Balaban J connectivity index is 3.01. The molecule has 1 rings (SSSR count). The molecule has 0 amide bonds. The number of allylic oxidation sites excluding steroid dienone is 1. The first kappa shape index (κ1) is 14.0. The Bertz CT molecular complexity index is 464. The van der Waals surface area contributed by atoms with Crippen LogP contribution in [-0.2, 0) is 4.79 Å². The molecule has 18 heavy (non-hydrogen) atoms. The van der Waals surface area contributed by atoms with Gasteiger partial charge in [-0.1, -0.05) is 12.2 Å². The summed E-state index contributed by atoms with van der Waals surface area (Å²) >= 11 is 0. The molecule has 0 aliphatic heterocycles. The summed E-state index contributed by atoms with van der Waals surface area (Å²) in [5, 5.41) is 0. The van der Waals surface area contributed by atoms with Crippen molar-refractivity contribution in [3.8, 4) is 5.75 Å². The zero-order chi connectivity index (χ0) is 13.6. The molecule has 0 bridgehead atoms. The number of hydrogen-bond acceptors (Lipinski definition) is 3. The van der Waals surface area contributed by atoms with Crippen molar-refractivity contribution >= 4 is 18.6 Å². The van der Waals surface area contributed by atoms with E-state index in [2.05, 4.69) is 4.74 Å². The number of carbonyl (C=O) groups excluding carboxylic acids is 2. The van der Waals surface area contributed by atoms with E-state index in [0.29, 0.717) is 18.1 Å². The Morgan fingerprint density at radius 3 is 2.33 bits per heavy atom. The van der Waals surface area contributed by atoms with Crippen LogP contribution in [0.4, 0.5) is 13.2 Å². The first-order valence-corrected chi connectivity index (χ1v) is 4.91. The van der Waals surface area contributed by atoms with Crippen LogP contribution >= 0.6 is 0 Å². The number of alkyl halides is 3. The van der Waals surface area contributed by atoms with Crippen molar-refractivity contribution in [1.29, 1.82) is 0 Å². The lowest BCUT2D eigenvalue weighted by molar-refractivity contribution is -0.274. The highest BCUT2D eigenvalue weighted by molar-refractivity contribution is 5.77. The third-order valence-electron chi connectivity index (χ3n) is 1.86. The Kier molecular flexibility index (Phi) is 4.65. The van der Waals surface area contributed by atoms with Crippen LogP contribution in [0.15, 0.2) is 24.3 Å². The summed E-state index contributed by atoms with van der Waals surface area (Å²) in [6.45, 7) is 0. The third-order valence-corrected chi connectivity index (χ3v) is 1.86. The van der Waals surface area contributed by atoms with Gasteiger partial charge < -0.3 is 9.53 Å². The zero-order valence-corrected chi connectivity index (χ0v) is 9.11. The minimum Gasteiger partial charge on any atom is -0.406 e. The molecule has 0 fully saturated rings. The molecular weight excluding hydrogens is 249 g/mol. The average Bonchev–Trinajstić information content (AvgIpc) is 2.26. The van der Waals surface area contributed by atoms with Crippen LogP contribution in [0.1, 0.15) is 22.3 Å². The van der Waals surface area contributed by atoms with Gasteiger partial charge in [0.25, 0.3) is 0 Å². The number of carbonyl (C=O) groups is 2. The van der Waals surface area contributed by atoms with Crippen LogP contribution in [0.3, 0.4) is 0 Å². The number of benzene rings is 1. The van der Waals surface area contributed by atoms with Gasteiger partial charge in [-0.15, -0.1) is 13.2 Å². The summed E-state index contributed by atoms with van der Waals surface area (Å²) < 4.78 is 39.9. The van der Waals surface area contributed by atoms with E-state index in [1.807, 2.05) is 0 Å². The summed E-state index contributed by atoms with van der Waals surface area (Å²) in [6.07, 6.45) is -0.710. The number of aldehydes is 2. The fraction of sp³-hybridized carbons (Fsp3) is 0.167. The predicted octanol–water partition coefficient (Wildman–Crippen LogP) is 3.00. The zero-order valence-electron chi connectivity index (χ0n) is 9.11. The fourth-order valence-corrected chi connectivity index (χ4v) is 1.26. The smallest absolute Gasteiger partial charge is 0.406 e. The molecule has 0 spiro atoms. The maximum Gasteiger partial charge on any atom is 0.573 e. The first-order chi connectivity index (χ1) is 8.44. The SMILES string of the molecule is O=CCC=Cc1cc(C=O)cc(OC(F)(F)F)c1. The summed E-state index contributed by atoms with van der Waals surface area (Å²) in [7, 11) is 0. The highest BCUT2D eigenvalue weighted by Crippen LogP contribution is 2.25. The summed E-state index contributed by atoms with van der Waals surface area (Å²) in [4.78, 5) is 20.7. The highest BCUT2D eigenvalue weighted by Gasteiger charge is 2.31. The molecule has 0 radical (unpaired) electrons. The monoisotopic (exact) mass is 258 g/mol. The first-order valence-electron chi connectivity index (χ1n) is 4.91. The van der Waals surface area contributed by atoms with Crippen molar-refractivity contribution in [2.45, 2.75) is 12.8 Å². The van der Waals surface area contributed by atoms with Gasteiger partial charge in [-0.25, -0.2) is 0 Å². The third kappa shape index (κ3) is 4.82. The van der Waals surface area contributed by atoms with Crippen LogP contribution in [0, 0.1) is 0 Å². The Morgan fingerprint density at radius 2 is 1.78 bits per heavy atom. The number of halogens is 3. The van der Waals surface area contributed by atoms with E-state index in [1.165, 1.54) is 18.2 Å². The molecule has 1 aromatic carbocycles. The lowest BCUT2D eigenvalue weighted by Gasteiger charge is -2.09. The van der Waals surface area contributed by atoms with Gasteiger partial charge in [0.2, 0.25) is 0 Å². The van der Waals surface area contributed by atoms with Crippen molar-refractivity contribution in [2.24, 2.45) is 0 Å². The maximum atomic E-state index is 12.0. The lowest BCUT2D eigenvalue weighted by atomic mass is 10.1. The molecule has 3 nitrogen and oxygen atoms in total. The van der Waals surface area contributed by atoms with Crippen LogP contribution in [-0.4, -0.2) is 18.9 Å². The molecular formula is C12H9F3O3. The van der Waals surface area contributed by atoms with E-state index in [-0.39, 0.29) is 12.0 Å². The van der Waals surface area contributed by atoms with E-state index >= 15 is 0 Å². The summed E-state index contributed by atoms with van der Waals surface area (Å²) in [5.74, 6) is -0.474. The molecule has 0 aromatic heterocycles. The minimum absolute atomic E-state index is 0.0579. The van der Waals surface area contributed by atoms with Gasteiger partial charge in [0, 0.05) is 12.0 Å². The van der Waals surface area contributed by atoms with Crippen molar-refractivity contribution in [1.82, 2.24) is 0 Å². The molecule has 0 saturated carbocycles. The summed E-state index contributed by atoms with van der Waals surface area (Å²) in [5.41, 5.74) is 0.406. The largest absolute Gasteiger partial charge is 0.573 e. The van der Waals surface area contributed by atoms with Crippen LogP contribution in [0.25, 0.3) is 6.08 Å². The molecule has 0 N–H and O–H groups in total. The second kappa shape index (κ2) is 6.00. The molecule has 6 heteroatoms. The molecule has 0 atom stereocenters. The second-order valence-corrected chi connectivity index (χ2v) is 3.31. The summed E-state index contributed by atoms with van der Waals surface area (Å²) in [6, 6.07) is 3.50. The molecule has 0 saturated heterocycles. The normalized spacial score (nSPS) is 11.5. The fourth-order valence-electron chi connectivity index (χ4n) is 1.26. The molecule has 1 aromatic rings. The molecule has 0 heterocycles. The number of ether oxygens (including phenoxy) is 1. The van der Waals surface area contributed by atoms with Gasteiger partial charge in [0.05, 0.1) is 0 Å². The standard InChI is InChI=1S/C12H9F3O3/c13-12(14,15)18-11-6-9(3-1-2-4-16)5-10(7-11)8-17/h1,3-8H,2H2. The van der Waals surface area contributed by atoms with Gasteiger partial charge in [-0.05, 0) is 23.8 Å². The van der Waals surface area contributed by atoms with Crippen LogP contribution in [0.5, 0.6) is 5.75 Å². The number of rotatable bonds is 5. The van der Waals surface area contributed by atoms with Crippen LogP contribution in [0.2, 0.25) is 0 Å². The van der Waals surface area contributed by atoms with Crippen molar-refractivity contribution in [3.05, 3.63) is 35.4 Å². The van der Waals surface area contributed by atoms with Crippen molar-refractivity contribution in [2.75, 3.05) is 0 Å². The Morgan fingerprint density at radius 1 is 1.11 bits per heavy atom. The molecule has 0 aliphatic rings. The molecule has 96 valence electrons. The van der Waals surface area contributed by atoms with Gasteiger partial charge in [0.15, 0.2) is 0 Å². The van der Waals surface area contributed by atoms with E-state index < -0.39 is 12.1 Å². The van der Waals surface area contributed by atoms with Gasteiger partial charge in [-0.2, -0.15) is 0 Å². The topological polar surface area (TPSA) is 43.4 Å². The Hall–Kier alpha value is -2.11. The average molecular weight is 258 g/mol. The lowest BCUT2D eigenvalue weighted by Crippen LogP contribution is -2.17. The van der Waals surface area contributed by atoms with E-state index in [9.17, 15) is 22.8 Å². The molecule has 0 unspecified atom stereocenters. The predicted molar refractivity (Wildman–Crippen MR) is 58.2 cm³/mol. The highest BCUT2D eigenvalue weighted by atomic mass is 19.4. The second-order valence-electron chi connectivity index (χ2n) is 3.31. The maximum absolute atomic E-state index is 12.0. The minimum atomic E-state index is -4.81. The quantitative estimate of drug-likeness (QED) is 0.762. The van der Waals surface area contributed by atoms with Gasteiger partial charge >= 0.3 is 6.36 Å². The van der Waals surface area contributed by atoms with Gasteiger partial charge in [-0.3, -0.25) is 4.79 Å². The van der Waals surface area contributed by atoms with Gasteiger partial charge in [0.1, 0.15) is 18.3 Å². The molecule has 0 aliphatic carbocycles. The Labute approximate surface area is 101 Å². The van der Waals surface area contributed by atoms with Crippen LogP contribution < -0.4 is 4.74 Å². The number of hydrogen-bond donors (Lipinski definition) is 0. The van der Waals surface area contributed by atoms with E-state index in [4.69, 9.17) is 0 Å². The van der Waals surface area contributed by atoms with Crippen molar-refractivity contribution in [3.63, 3.8) is 0 Å².